The lowest BCUT2D eigenvalue weighted by atomic mass is 10.3. The van der Waals surface area contributed by atoms with Gasteiger partial charge in [-0.25, -0.2) is 0 Å². The van der Waals surface area contributed by atoms with Crippen molar-refractivity contribution in [1.82, 2.24) is 5.32 Å². The predicted molar refractivity (Wildman–Crippen MR) is 63.4 cm³/mol. The number of phenols is 1. The number of phenolic OH excluding ortho intramolecular Hbond substituents is 1. The van der Waals surface area contributed by atoms with Gasteiger partial charge in [0.05, 0.1) is 10.0 Å². The molecule has 0 radical (unpaired) electrons. The van der Waals surface area contributed by atoms with Crippen molar-refractivity contribution < 1.29 is 5.11 Å². The number of aromatic hydroxyl groups is 1. The summed E-state index contributed by atoms with van der Waals surface area (Å²) in [6.07, 6.45) is 0. The van der Waals surface area contributed by atoms with Crippen LogP contribution in [-0.2, 0) is 0 Å². The third-order valence-corrected chi connectivity index (χ3v) is 2.38. The van der Waals surface area contributed by atoms with Gasteiger partial charge in [0.15, 0.2) is 10.9 Å². The Labute approximate surface area is 97.0 Å². The molecule has 0 aliphatic rings. The maximum absolute atomic E-state index is 9.28. The molecule has 0 fully saturated rings. The summed E-state index contributed by atoms with van der Waals surface area (Å²) in [5, 5.41) is 15.7. The number of nitrogens with one attached hydrogen (secondary N) is 2. The minimum atomic E-state index is -0.130. The second-order valence-corrected chi connectivity index (χ2v) is 3.72. The Morgan fingerprint density at radius 2 is 1.86 bits per heavy atom. The van der Waals surface area contributed by atoms with E-state index in [0.717, 1.165) is 0 Å². The SMILES string of the molecule is CNC(=S)Nc1cc(Cl)c(O)c(Cl)c1. The van der Waals surface area contributed by atoms with Gasteiger partial charge in [-0.2, -0.15) is 0 Å². The first kappa shape index (κ1) is 11.4. The van der Waals surface area contributed by atoms with Crippen LogP contribution >= 0.6 is 35.4 Å². The van der Waals surface area contributed by atoms with Crippen molar-refractivity contribution in [3.05, 3.63) is 22.2 Å². The van der Waals surface area contributed by atoms with Crippen molar-refractivity contribution in [2.24, 2.45) is 0 Å². The van der Waals surface area contributed by atoms with E-state index in [1.165, 1.54) is 12.1 Å². The zero-order valence-electron chi connectivity index (χ0n) is 7.27. The van der Waals surface area contributed by atoms with Gasteiger partial charge < -0.3 is 15.7 Å². The Kier molecular flexibility index (Phi) is 3.80. The van der Waals surface area contributed by atoms with Crippen LogP contribution in [0.5, 0.6) is 5.75 Å². The number of rotatable bonds is 1. The summed E-state index contributed by atoms with van der Waals surface area (Å²) in [5.41, 5.74) is 0.622. The van der Waals surface area contributed by atoms with Crippen LogP contribution in [0.2, 0.25) is 10.0 Å². The number of benzene rings is 1. The summed E-state index contributed by atoms with van der Waals surface area (Å²) in [4.78, 5) is 0. The topological polar surface area (TPSA) is 44.3 Å². The average molecular weight is 251 g/mol. The van der Waals surface area contributed by atoms with E-state index in [0.29, 0.717) is 10.8 Å². The second-order valence-electron chi connectivity index (χ2n) is 2.49. The van der Waals surface area contributed by atoms with Crippen molar-refractivity contribution in [2.45, 2.75) is 0 Å². The molecule has 0 aliphatic carbocycles. The van der Waals surface area contributed by atoms with Crippen molar-refractivity contribution in [1.29, 1.82) is 0 Å². The molecule has 0 saturated carbocycles. The minimum absolute atomic E-state index is 0.130. The van der Waals surface area contributed by atoms with E-state index < -0.39 is 0 Å². The molecule has 0 heterocycles. The monoisotopic (exact) mass is 250 g/mol. The van der Waals surface area contributed by atoms with Crippen LogP contribution in [0.4, 0.5) is 5.69 Å². The number of halogens is 2. The highest BCUT2D eigenvalue weighted by Crippen LogP contribution is 2.34. The molecule has 0 saturated heterocycles. The molecule has 3 N–H and O–H groups in total. The smallest absolute Gasteiger partial charge is 0.170 e. The van der Waals surface area contributed by atoms with Crippen LogP contribution in [0.25, 0.3) is 0 Å². The van der Waals surface area contributed by atoms with E-state index in [1.54, 1.807) is 7.05 Å². The van der Waals surface area contributed by atoms with Gasteiger partial charge in [-0.3, -0.25) is 0 Å². The molecular formula is C8H8Cl2N2OS. The Balaban J connectivity index is 2.95. The average Bonchev–Trinajstić information content (AvgIpc) is 2.14. The molecule has 0 amide bonds. The van der Waals surface area contributed by atoms with Crippen LogP contribution in [0, 0.1) is 0 Å². The molecule has 1 aromatic rings. The van der Waals surface area contributed by atoms with Crippen LogP contribution in [0.1, 0.15) is 0 Å². The highest BCUT2D eigenvalue weighted by Gasteiger charge is 2.06. The lowest BCUT2D eigenvalue weighted by Crippen LogP contribution is -2.24. The normalized spacial score (nSPS) is 9.64. The molecule has 6 heteroatoms. The van der Waals surface area contributed by atoms with Gasteiger partial charge in [-0.15, -0.1) is 0 Å². The zero-order chi connectivity index (χ0) is 10.7. The molecule has 1 rings (SSSR count). The van der Waals surface area contributed by atoms with Crippen LogP contribution in [0.3, 0.4) is 0 Å². The van der Waals surface area contributed by atoms with E-state index in [1.807, 2.05) is 0 Å². The molecule has 76 valence electrons. The minimum Gasteiger partial charge on any atom is -0.505 e. The number of thiocarbonyl (C=S) groups is 1. The van der Waals surface area contributed by atoms with Gasteiger partial charge in [0.1, 0.15) is 0 Å². The molecule has 0 aromatic heterocycles. The molecule has 0 atom stereocenters. The maximum Gasteiger partial charge on any atom is 0.170 e. The lowest BCUT2D eigenvalue weighted by molar-refractivity contribution is 0.476. The van der Waals surface area contributed by atoms with Crippen molar-refractivity contribution in [3.63, 3.8) is 0 Å². The van der Waals surface area contributed by atoms with E-state index in [9.17, 15) is 5.11 Å². The standard InChI is InChI=1S/C8H8Cl2N2OS/c1-11-8(14)12-4-2-5(9)7(13)6(10)3-4/h2-3,13H,1H3,(H2,11,12,14). The van der Waals surface area contributed by atoms with Crippen molar-refractivity contribution >= 4 is 46.2 Å². The molecule has 1 aromatic carbocycles. The number of hydrogen-bond donors (Lipinski definition) is 3. The van der Waals surface area contributed by atoms with Gasteiger partial charge in [0.25, 0.3) is 0 Å². The second kappa shape index (κ2) is 4.68. The first-order valence-corrected chi connectivity index (χ1v) is 4.87. The number of hydrogen-bond acceptors (Lipinski definition) is 2. The molecular weight excluding hydrogens is 243 g/mol. The number of anilines is 1. The third kappa shape index (κ3) is 2.64. The molecule has 0 aliphatic heterocycles. The zero-order valence-corrected chi connectivity index (χ0v) is 9.59. The molecule has 0 bridgehead atoms. The first-order valence-electron chi connectivity index (χ1n) is 3.71. The summed E-state index contributed by atoms with van der Waals surface area (Å²) < 4.78 is 0. The summed E-state index contributed by atoms with van der Waals surface area (Å²) >= 11 is 16.3. The largest absolute Gasteiger partial charge is 0.505 e. The van der Waals surface area contributed by atoms with Gasteiger partial charge in [0, 0.05) is 12.7 Å². The van der Waals surface area contributed by atoms with Gasteiger partial charge >= 0.3 is 0 Å². The van der Waals surface area contributed by atoms with Crippen LogP contribution in [0.15, 0.2) is 12.1 Å². The molecule has 0 spiro atoms. The van der Waals surface area contributed by atoms with Gasteiger partial charge in [0.2, 0.25) is 0 Å². The van der Waals surface area contributed by atoms with Crippen molar-refractivity contribution in [3.8, 4) is 5.75 Å². The highest BCUT2D eigenvalue weighted by atomic mass is 35.5. The molecule has 14 heavy (non-hydrogen) atoms. The Bertz CT molecular complexity index is 347. The summed E-state index contributed by atoms with van der Waals surface area (Å²) in [6, 6.07) is 3.07. The van der Waals surface area contributed by atoms with E-state index in [-0.39, 0.29) is 15.8 Å². The fourth-order valence-electron chi connectivity index (χ4n) is 0.831. The van der Waals surface area contributed by atoms with E-state index >= 15 is 0 Å². The maximum atomic E-state index is 9.28. The quantitative estimate of drug-likeness (QED) is 0.530. The molecule has 3 nitrogen and oxygen atoms in total. The van der Waals surface area contributed by atoms with Gasteiger partial charge in [-0.1, -0.05) is 23.2 Å². The fourth-order valence-corrected chi connectivity index (χ4v) is 1.44. The predicted octanol–water partition coefficient (Wildman–Crippen LogP) is 2.62. The van der Waals surface area contributed by atoms with Gasteiger partial charge in [-0.05, 0) is 24.4 Å². The van der Waals surface area contributed by atoms with Crippen molar-refractivity contribution in [2.75, 3.05) is 12.4 Å². The Morgan fingerprint density at radius 3 is 2.29 bits per heavy atom. The highest BCUT2D eigenvalue weighted by molar-refractivity contribution is 7.80. The summed E-state index contributed by atoms with van der Waals surface area (Å²) in [7, 11) is 1.69. The van der Waals surface area contributed by atoms with Crippen LogP contribution < -0.4 is 10.6 Å². The molecule has 0 unspecified atom stereocenters. The van der Waals surface area contributed by atoms with Crippen LogP contribution in [-0.4, -0.2) is 17.3 Å². The summed E-state index contributed by atoms with van der Waals surface area (Å²) in [5.74, 6) is -0.130. The van der Waals surface area contributed by atoms with E-state index in [2.05, 4.69) is 10.6 Å². The third-order valence-electron chi connectivity index (χ3n) is 1.50. The van der Waals surface area contributed by atoms with E-state index in [4.69, 9.17) is 35.4 Å². The first-order chi connectivity index (χ1) is 6.54. The summed E-state index contributed by atoms with van der Waals surface area (Å²) in [6.45, 7) is 0. The Morgan fingerprint density at radius 1 is 1.36 bits per heavy atom. The Hall–Kier alpha value is -0.710. The lowest BCUT2D eigenvalue weighted by Gasteiger charge is -2.08. The fraction of sp³-hybridized carbons (Fsp3) is 0.125.